The first-order chi connectivity index (χ1) is 10.2. The molecule has 0 saturated heterocycles. The molecule has 8 heteroatoms. The molecule has 1 unspecified atom stereocenters. The standard InChI is InChI=1S/C14H19N3O5/c1-10(21-12(18)11-8-6-5-7-9-11)22-16-15-17(4)14(2,3)13(19)20/h5-10H,1-4H3,(H,19,20)/b16-15-. The summed E-state index contributed by atoms with van der Waals surface area (Å²) in [5, 5.41) is 17.1. The zero-order chi connectivity index (χ0) is 16.8. The summed E-state index contributed by atoms with van der Waals surface area (Å²) in [6.07, 6.45) is -0.960. The zero-order valence-electron chi connectivity index (χ0n) is 12.9. The third-order valence-corrected chi connectivity index (χ3v) is 2.98. The molecule has 22 heavy (non-hydrogen) atoms. The van der Waals surface area contributed by atoms with Crippen molar-refractivity contribution in [2.24, 2.45) is 10.5 Å². The van der Waals surface area contributed by atoms with Gasteiger partial charge in [0.25, 0.3) is 6.29 Å². The first-order valence-electron chi connectivity index (χ1n) is 6.55. The molecule has 1 aromatic carbocycles. The van der Waals surface area contributed by atoms with Crippen molar-refractivity contribution >= 4 is 11.9 Å². The minimum Gasteiger partial charge on any atom is -0.479 e. The molecule has 1 rings (SSSR count). The number of nitrogens with zero attached hydrogens (tertiary/aromatic N) is 3. The number of carboxylic acid groups (broad SMARTS) is 1. The van der Waals surface area contributed by atoms with Crippen molar-refractivity contribution in [1.29, 1.82) is 0 Å². The van der Waals surface area contributed by atoms with Gasteiger partial charge < -0.3 is 14.7 Å². The van der Waals surface area contributed by atoms with Crippen LogP contribution in [0.5, 0.6) is 0 Å². The van der Waals surface area contributed by atoms with E-state index in [9.17, 15) is 9.59 Å². The molecule has 0 heterocycles. The number of carbonyl (C=O) groups is 2. The van der Waals surface area contributed by atoms with Crippen LogP contribution >= 0.6 is 0 Å². The van der Waals surface area contributed by atoms with Gasteiger partial charge in [0.1, 0.15) is 0 Å². The lowest BCUT2D eigenvalue weighted by Crippen LogP contribution is -2.44. The van der Waals surface area contributed by atoms with E-state index in [1.165, 1.54) is 27.8 Å². The van der Waals surface area contributed by atoms with Crippen LogP contribution in [0.1, 0.15) is 31.1 Å². The monoisotopic (exact) mass is 309 g/mol. The second kappa shape index (κ2) is 7.39. The maximum Gasteiger partial charge on any atom is 0.341 e. The fourth-order valence-electron chi connectivity index (χ4n) is 1.21. The number of likely N-dealkylation sites (N-methyl/N-ethyl adjacent to an activating group) is 1. The zero-order valence-corrected chi connectivity index (χ0v) is 12.9. The molecule has 0 spiro atoms. The van der Waals surface area contributed by atoms with Crippen LogP contribution < -0.4 is 0 Å². The topological polar surface area (TPSA) is 101 Å². The second-order valence-electron chi connectivity index (χ2n) is 5.00. The van der Waals surface area contributed by atoms with Gasteiger partial charge in [-0.15, -0.1) is 0 Å². The van der Waals surface area contributed by atoms with E-state index in [-0.39, 0.29) is 0 Å². The van der Waals surface area contributed by atoms with Crippen LogP contribution in [-0.4, -0.2) is 40.9 Å². The number of carboxylic acids is 1. The molecule has 0 aromatic heterocycles. The van der Waals surface area contributed by atoms with Gasteiger partial charge in [-0.2, -0.15) is 0 Å². The van der Waals surface area contributed by atoms with E-state index in [1.54, 1.807) is 30.3 Å². The van der Waals surface area contributed by atoms with Crippen molar-refractivity contribution in [3.05, 3.63) is 35.9 Å². The highest BCUT2D eigenvalue weighted by Gasteiger charge is 2.32. The van der Waals surface area contributed by atoms with Crippen molar-refractivity contribution in [2.75, 3.05) is 7.05 Å². The van der Waals surface area contributed by atoms with E-state index < -0.39 is 23.8 Å². The highest BCUT2D eigenvalue weighted by atomic mass is 16.8. The molecule has 1 aromatic rings. The van der Waals surface area contributed by atoms with E-state index >= 15 is 0 Å². The highest BCUT2D eigenvalue weighted by molar-refractivity contribution is 5.89. The van der Waals surface area contributed by atoms with Crippen LogP contribution in [0.4, 0.5) is 0 Å². The molecule has 0 aliphatic carbocycles. The van der Waals surface area contributed by atoms with Crippen LogP contribution in [0, 0.1) is 0 Å². The Hall–Kier alpha value is -2.64. The summed E-state index contributed by atoms with van der Waals surface area (Å²) in [7, 11) is 1.45. The largest absolute Gasteiger partial charge is 0.479 e. The minimum absolute atomic E-state index is 0.388. The number of hydrogen-bond donors (Lipinski definition) is 1. The lowest BCUT2D eigenvalue weighted by atomic mass is 10.1. The molecule has 0 radical (unpaired) electrons. The Morgan fingerprint density at radius 1 is 1.27 bits per heavy atom. The maximum atomic E-state index is 11.7. The molecule has 0 aliphatic rings. The average molecular weight is 309 g/mol. The first kappa shape index (κ1) is 17.4. The fourth-order valence-corrected chi connectivity index (χ4v) is 1.21. The summed E-state index contributed by atoms with van der Waals surface area (Å²) >= 11 is 0. The third-order valence-electron chi connectivity index (χ3n) is 2.98. The average Bonchev–Trinajstić information content (AvgIpc) is 2.47. The van der Waals surface area contributed by atoms with Crippen LogP contribution in [0.3, 0.4) is 0 Å². The number of aliphatic carboxylic acids is 1. The van der Waals surface area contributed by atoms with Gasteiger partial charge in [0.05, 0.1) is 5.56 Å². The van der Waals surface area contributed by atoms with Gasteiger partial charge in [-0.1, -0.05) is 18.2 Å². The van der Waals surface area contributed by atoms with E-state index in [1.807, 2.05) is 0 Å². The molecule has 1 atom stereocenters. The van der Waals surface area contributed by atoms with Crippen molar-refractivity contribution in [3.63, 3.8) is 0 Å². The third kappa shape index (κ3) is 4.72. The Labute approximate surface area is 128 Å². The number of rotatable bonds is 7. The lowest BCUT2D eigenvalue weighted by molar-refractivity contribution is -0.150. The van der Waals surface area contributed by atoms with Gasteiger partial charge in [0.2, 0.25) is 0 Å². The Balaban J connectivity index is 2.49. The quantitative estimate of drug-likeness (QED) is 0.359. The normalized spacial score (nSPS) is 12.7. The van der Waals surface area contributed by atoms with Crippen LogP contribution in [-0.2, 0) is 14.4 Å². The summed E-state index contributed by atoms with van der Waals surface area (Å²) in [5.74, 6) is -1.61. The van der Waals surface area contributed by atoms with Crippen molar-refractivity contribution in [3.8, 4) is 0 Å². The van der Waals surface area contributed by atoms with Gasteiger partial charge in [0, 0.05) is 19.2 Å². The van der Waals surface area contributed by atoms with Crippen LogP contribution in [0.2, 0.25) is 0 Å². The fraction of sp³-hybridized carbons (Fsp3) is 0.429. The number of carbonyl (C=O) groups excluding carboxylic acids is 1. The highest BCUT2D eigenvalue weighted by Crippen LogP contribution is 2.13. The number of hydrogen-bond acceptors (Lipinski definition) is 6. The molecule has 0 fully saturated rings. The van der Waals surface area contributed by atoms with E-state index in [0.29, 0.717) is 5.56 Å². The Morgan fingerprint density at radius 3 is 2.41 bits per heavy atom. The Kier molecular flexibility index (Phi) is 5.85. The number of benzene rings is 1. The number of esters is 1. The molecule has 0 bridgehead atoms. The molecule has 1 N–H and O–H groups in total. The molecular weight excluding hydrogens is 290 g/mol. The molecule has 8 nitrogen and oxygen atoms in total. The molecule has 0 amide bonds. The predicted molar refractivity (Wildman–Crippen MR) is 76.7 cm³/mol. The predicted octanol–water partition coefficient (Wildman–Crippen LogP) is 2.28. The molecule has 120 valence electrons. The van der Waals surface area contributed by atoms with E-state index in [0.717, 1.165) is 5.01 Å². The van der Waals surface area contributed by atoms with Crippen LogP contribution in [0.15, 0.2) is 40.8 Å². The van der Waals surface area contributed by atoms with Crippen LogP contribution in [0.25, 0.3) is 0 Å². The summed E-state index contributed by atoms with van der Waals surface area (Å²) in [6.45, 7) is 4.41. The maximum absolute atomic E-state index is 11.7. The smallest absolute Gasteiger partial charge is 0.341 e. The Bertz CT molecular complexity index is 545. The Morgan fingerprint density at radius 2 is 1.86 bits per heavy atom. The second-order valence-corrected chi connectivity index (χ2v) is 5.00. The molecular formula is C14H19N3O5. The minimum atomic E-state index is -1.24. The van der Waals surface area contributed by atoms with Crippen molar-refractivity contribution in [2.45, 2.75) is 32.6 Å². The summed E-state index contributed by atoms with van der Waals surface area (Å²) in [5.41, 5.74) is -0.851. The lowest BCUT2D eigenvalue weighted by Gasteiger charge is -2.26. The van der Waals surface area contributed by atoms with Crippen molar-refractivity contribution < 1.29 is 24.3 Å². The SMILES string of the molecule is CC(O/N=N\N(C)C(C)(C)C(=O)O)OC(=O)c1ccccc1. The summed E-state index contributed by atoms with van der Waals surface area (Å²) < 4.78 is 5.00. The molecule has 0 aliphatic heterocycles. The van der Waals surface area contributed by atoms with Gasteiger partial charge in [0.15, 0.2) is 5.54 Å². The molecule has 0 saturated carbocycles. The first-order valence-corrected chi connectivity index (χ1v) is 6.55. The van der Waals surface area contributed by atoms with Gasteiger partial charge in [-0.05, 0) is 31.2 Å². The van der Waals surface area contributed by atoms with E-state index in [2.05, 4.69) is 10.5 Å². The summed E-state index contributed by atoms with van der Waals surface area (Å²) in [6, 6.07) is 8.43. The summed E-state index contributed by atoms with van der Waals surface area (Å²) in [4.78, 5) is 27.6. The van der Waals surface area contributed by atoms with Crippen molar-refractivity contribution in [1.82, 2.24) is 5.01 Å². The number of ether oxygens (including phenoxy) is 1. The van der Waals surface area contributed by atoms with Gasteiger partial charge in [-0.3, -0.25) is 5.01 Å². The van der Waals surface area contributed by atoms with E-state index in [4.69, 9.17) is 14.7 Å². The van der Waals surface area contributed by atoms with Gasteiger partial charge in [-0.25, -0.2) is 9.59 Å². The van der Waals surface area contributed by atoms with Gasteiger partial charge >= 0.3 is 11.9 Å².